The number of aryl methyl sites for hydroxylation is 2. The molecular formula is C21H24BrClN2O3. The molecule has 5 nitrogen and oxygen atoms in total. The fourth-order valence-electron chi connectivity index (χ4n) is 2.64. The van der Waals surface area contributed by atoms with Crippen molar-refractivity contribution in [2.24, 2.45) is 0 Å². The summed E-state index contributed by atoms with van der Waals surface area (Å²) >= 11 is 9.62. The summed E-state index contributed by atoms with van der Waals surface area (Å²) in [5, 5.41) is 0.674. The van der Waals surface area contributed by atoms with Gasteiger partial charge in [-0.2, -0.15) is 0 Å². The molecule has 0 fully saturated rings. The largest absolute Gasteiger partial charge is 0.484 e. The summed E-state index contributed by atoms with van der Waals surface area (Å²) in [4.78, 5) is 24.2. The van der Waals surface area contributed by atoms with E-state index in [9.17, 15) is 9.59 Å². The zero-order valence-corrected chi connectivity index (χ0v) is 18.9. The number of hydrogen-bond acceptors (Lipinski definition) is 3. The number of carbonyl (C=O) groups is 2. The van der Waals surface area contributed by atoms with Crippen molar-refractivity contribution < 1.29 is 14.3 Å². The highest BCUT2D eigenvalue weighted by atomic mass is 79.9. The van der Waals surface area contributed by atoms with Gasteiger partial charge in [0.15, 0.2) is 6.61 Å². The second-order valence-electron chi connectivity index (χ2n) is 7.61. The Morgan fingerprint density at radius 2 is 1.68 bits per heavy atom. The number of halogens is 2. The van der Waals surface area contributed by atoms with E-state index >= 15 is 0 Å². The molecule has 0 aliphatic heterocycles. The number of hydrazine groups is 1. The van der Waals surface area contributed by atoms with Gasteiger partial charge >= 0.3 is 0 Å². The van der Waals surface area contributed by atoms with Crippen LogP contribution in [0.4, 0.5) is 0 Å². The van der Waals surface area contributed by atoms with E-state index in [4.69, 9.17) is 16.3 Å². The molecule has 0 heterocycles. The van der Waals surface area contributed by atoms with Crippen LogP contribution in [-0.2, 0) is 10.2 Å². The van der Waals surface area contributed by atoms with Crippen LogP contribution in [0.2, 0.25) is 5.02 Å². The molecule has 0 aliphatic rings. The number of ether oxygens (including phenoxy) is 1. The number of amides is 2. The van der Waals surface area contributed by atoms with Crippen LogP contribution in [0.25, 0.3) is 0 Å². The maximum atomic E-state index is 12.3. The van der Waals surface area contributed by atoms with Gasteiger partial charge in [0.2, 0.25) is 0 Å². The van der Waals surface area contributed by atoms with Gasteiger partial charge in [0.1, 0.15) is 5.75 Å². The monoisotopic (exact) mass is 466 g/mol. The Hall–Kier alpha value is -2.05. The third-order valence-electron chi connectivity index (χ3n) is 4.13. The topological polar surface area (TPSA) is 67.4 Å². The molecule has 0 aromatic heterocycles. The molecule has 7 heteroatoms. The Morgan fingerprint density at radius 3 is 2.21 bits per heavy atom. The molecule has 0 aliphatic carbocycles. The van der Waals surface area contributed by atoms with E-state index in [-0.39, 0.29) is 12.0 Å². The maximum absolute atomic E-state index is 12.3. The van der Waals surface area contributed by atoms with Crippen LogP contribution in [0.15, 0.2) is 34.8 Å². The lowest BCUT2D eigenvalue weighted by Gasteiger charge is -2.21. The molecule has 2 aromatic carbocycles. The van der Waals surface area contributed by atoms with Gasteiger partial charge in [-0.25, -0.2) is 0 Å². The predicted molar refractivity (Wildman–Crippen MR) is 115 cm³/mol. The highest BCUT2D eigenvalue weighted by molar-refractivity contribution is 9.10. The second kappa shape index (κ2) is 8.97. The minimum absolute atomic E-state index is 0.0439. The Morgan fingerprint density at radius 1 is 1.07 bits per heavy atom. The highest BCUT2D eigenvalue weighted by Crippen LogP contribution is 2.30. The third kappa shape index (κ3) is 5.72. The average Bonchev–Trinajstić information content (AvgIpc) is 2.61. The van der Waals surface area contributed by atoms with E-state index in [0.717, 1.165) is 21.2 Å². The molecular weight excluding hydrogens is 444 g/mol. The van der Waals surface area contributed by atoms with Crippen LogP contribution < -0.4 is 15.6 Å². The summed E-state index contributed by atoms with van der Waals surface area (Å²) < 4.78 is 6.31. The summed E-state index contributed by atoms with van der Waals surface area (Å²) in [5.74, 6) is -0.334. The number of benzene rings is 2. The zero-order chi connectivity index (χ0) is 21.1. The van der Waals surface area contributed by atoms with Crippen LogP contribution >= 0.6 is 27.5 Å². The molecule has 0 saturated carbocycles. The van der Waals surface area contributed by atoms with Gasteiger partial charge in [-0.05, 0) is 60.2 Å². The Kier molecular flexibility index (Phi) is 7.12. The van der Waals surface area contributed by atoms with E-state index in [1.165, 1.54) is 0 Å². The second-order valence-corrected chi connectivity index (χ2v) is 8.84. The molecule has 0 radical (unpaired) electrons. The summed E-state index contributed by atoms with van der Waals surface area (Å²) in [6.07, 6.45) is 0. The molecule has 2 N–H and O–H groups in total. The Balaban J connectivity index is 1.90. The zero-order valence-electron chi connectivity index (χ0n) is 16.6. The lowest BCUT2D eigenvalue weighted by Crippen LogP contribution is -2.43. The SMILES string of the molecule is Cc1cc(OCC(=O)NNC(=O)c2ccc(C(C)(C)C)c(Br)c2)cc(C)c1Cl. The van der Waals surface area contributed by atoms with Crippen LogP contribution in [0, 0.1) is 13.8 Å². The molecule has 28 heavy (non-hydrogen) atoms. The van der Waals surface area contributed by atoms with Gasteiger partial charge in [0.25, 0.3) is 11.8 Å². The molecule has 2 aromatic rings. The third-order valence-corrected chi connectivity index (χ3v) is 5.39. The minimum Gasteiger partial charge on any atom is -0.484 e. The van der Waals surface area contributed by atoms with Crippen molar-refractivity contribution in [1.82, 2.24) is 10.9 Å². The number of carbonyl (C=O) groups excluding carboxylic acids is 2. The summed E-state index contributed by atoms with van der Waals surface area (Å²) in [7, 11) is 0. The maximum Gasteiger partial charge on any atom is 0.276 e. The first kappa shape index (κ1) is 22.2. The molecule has 0 unspecified atom stereocenters. The first-order chi connectivity index (χ1) is 13.0. The molecule has 0 spiro atoms. The molecule has 0 atom stereocenters. The molecule has 2 amide bonds. The van der Waals surface area contributed by atoms with Gasteiger partial charge in [-0.15, -0.1) is 0 Å². The lowest BCUT2D eigenvalue weighted by molar-refractivity contribution is -0.123. The average molecular weight is 468 g/mol. The van der Waals surface area contributed by atoms with Crippen LogP contribution in [0.1, 0.15) is 47.8 Å². The summed E-state index contributed by atoms with van der Waals surface area (Å²) in [6, 6.07) is 8.88. The molecule has 0 bridgehead atoms. The minimum atomic E-state index is -0.469. The first-order valence-corrected chi connectivity index (χ1v) is 9.95. The fraction of sp³-hybridized carbons (Fsp3) is 0.333. The van der Waals surface area contributed by atoms with Gasteiger partial charge in [-0.3, -0.25) is 20.4 Å². The van der Waals surface area contributed by atoms with Crippen LogP contribution in [-0.4, -0.2) is 18.4 Å². The number of hydrogen-bond donors (Lipinski definition) is 2. The lowest BCUT2D eigenvalue weighted by atomic mass is 9.86. The highest BCUT2D eigenvalue weighted by Gasteiger charge is 2.18. The molecule has 2 rings (SSSR count). The van der Waals surface area contributed by atoms with Crippen molar-refractivity contribution in [3.8, 4) is 5.75 Å². The van der Waals surface area contributed by atoms with E-state index in [2.05, 4.69) is 47.6 Å². The quantitative estimate of drug-likeness (QED) is 0.631. The smallest absolute Gasteiger partial charge is 0.276 e. The van der Waals surface area contributed by atoms with E-state index in [1.807, 2.05) is 19.9 Å². The summed E-state index contributed by atoms with van der Waals surface area (Å²) in [5.41, 5.74) is 7.97. The van der Waals surface area contributed by atoms with Crippen molar-refractivity contribution in [3.63, 3.8) is 0 Å². The molecule has 0 saturated heterocycles. The van der Waals surface area contributed by atoms with Gasteiger partial charge in [-0.1, -0.05) is 54.4 Å². The van der Waals surface area contributed by atoms with Gasteiger partial charge in [0.05, 0.1) is 0 Å². The predicted octanol–water partition coefficient (Wildman–Crippen LogP) is 4.86. The fourth-order valence-corrected chi connectivity index (χ4v) is 3.72. The van der Waals surface area contributed by atoms with Crippen LogP contribution in [0.5, 0.6) is 5.75 Å². The first-order valence-electron chi connectivity index (χ1n) is 8.78. The van der Waals surface area contributed by atoms with Crippen molar-refractivity contribution in [1.29, 1.82) is 0 Å². The number of nitrogens with one attached hydrogen (secondary N) is 2. The Labute approximate surface area is 178 Å². The van der Waals surface area contributed by atoms with E-state index in [1.54, 1.807) is 24.3 Å². The van der Waals surface area contributed by atoms with Crippen molar-refractivity contribution in [3.05, 3.63) is 62.1 Å². The van der Waals surface area contributed by atoms with Crippen LogP contribution in [0.3, 0.4) is 0 Å². The van der Waals surface area contributed by atoms with Crippen molar-refractivity contribution >= 4 is 39.3 Å². The normalized spacial score (nSPS) is 11.1. The van der Waals surface area contributed by atoms with E-state index < -0.39 is 11.8 Å². The van der Waals surface area contributed by atoms with Crippen molar-refractivity contribution in [2.45, 2.75) is 40.0 Å². The number of rotatable bonds is 4. The van der Waals surface area contributed by atoms with E-state index in [0.29, 0.717) is 16.3 Å². The van der Waals surface area contributed by atoms with Gasteiger partial charge < -0.3 is 4.74 Å². The van der Waals surface area contributed by atoms with Gasteiger partial charge in [0, 0.05) is 15.1 Å². The Bertz CT molecular complexity index is 884. The molecule has 150 valence electrons. The standard InChI is InChI=1S/C21H24BrClN2O3/c1-12-8-15(9-13(2)19(12)23)28-11-18(26)24-25-20(27)14-6-7-16(17(22)10-14)21(3,4)5/h6-10H,11H2,1-5H3,(H,24,26)(H,25,27). The van der Waals surface area contributed by atoms with Crippen molar-refractivity contribution in [2.75, 3.05) is 6.61 Å². The summed E-state index contributed by atoms with van der Waals surface area (Å²) in [6.45, 7) is 9.79.